The predicted molar refractivity (Wildman–Crippen MR) is 75.5 cm³/mol. The summed E-state index contributed by atoms with van der Waals surface area (Å²) in [7, 11) is 0. The summed E-state index contributed by atoms with van der Waals surface area (Å²) < 4.78 is 43.8. The third-order valence-corrected chi connectivity index (χ3v) is 2.97. The largest absolute Gasteiger partial charge is 0.437 e. The van der Waals surface area contributed by atoms with Crippen LogP contribution in [0, 0.1) is 0 Å². The molecule has 2 heterocycles. The number of halogens is 3. The van der Waals surface area contributed by atoms with Crippen molar-refractivity contribution in [2.24, 2.45) is 5.73 Å². The summed E-state index contributed by atoms with van der Waals surface area (Å²) >= 11 is 0. The number of rotatable bonds is 4. The molecular weight excluding hydrogens is 295 g/mol. The molecule has 0 aliphatic heterocycles. The summed E-state index contributed by atoms with van der Waals surface area (Å²) in [5.74, 6) is 0.317. The maximum atomic E-state index is 12.7. The van der Waals surface area contributed by atoms with Crippen molar-refractivity contribution < 1.29 is 17.9 Å². The van der Waals surface area contributed by atoms with Crippen LogP contribution in [0.3, 0.4) is 0 Å². The van der Waals surface area contributed by atoms with Gasteiger partial charge in [0.2, 0.25) is 5.88 Å². The van der Waals surface area contributed by atoms with Crippen LogP contribution < -0.4 is 10.5 Å². The summed E-state index contributed by atoms with van der Waals surface area (Å²) in [6.45, 7) is 3.85. The number of alkyl halides is 3. The van der Waals surface area contributed by atoms with Crippen LogP contribution in [-0.2, 0) is 12.7 Å². The van der Waals surface area contributed by atoms with Gasteiger partial charge in [-0.15, -0.1) is 0 Å². The van der Waals surface area contributed by atoms with E-state index in [0.717, 1.165) is 11.6 Å². The van der Waals surface area contributed by atoms with Gasteiger partial charge in [-0.05, 0) is 23.6 Å². The van der Waals surface area contributed by atoms with E-state index in [2.05, 4.69) is 9.97 Å². The van der Waals surface area contributed by atoms with E-state index in [1.807, 2.05) is 0 Å². The summed E-state index contributed by atoms with van der Waals surface area (Å²) in [6.07, 6.45) is -2.93. The van der Waals surface area contributed by atoms with Crippen LogP contribution in [0.25, 0.3) is 0 Å². The Kier molecular flexibility index (Phi) is 4.65. The fourth-order valence-corrected chi connectivity index (χ4v) is 1.82. The van der Waals surface area contributed by atoms with Crippen molar-refractivity contribution in [1.82, 2.24) is 9.97 Å². The van der Waals surface area contributed by atoms with Crippen molar-refractivity contribution in [3.63, 3.8) is 0 Å². The van der Waals surface area contributed by atoms with Gasteiger partial charge in [0.05, 0.1) is 5.69 Å². The molecule has 0 aromatic carbocycles. The van der Waals surface area contributed by atoms with E-state index in [0.29, 0.717) is 6.54 Å². The highest BCUT2D eigenvalue weighted by Gasteiger charge is 2.33. The molecule has 4 nitrogen and oxygen atoms in total. The Bertz CT molecular complexity index is 639. The summed E-state index contributed by atoms with van der Waals surface area (Å²) in [5.41, 5.74) is 5.61. The van der Waals surface area contributed by atoms with E-state index in [4.69, 9.17) is 10.5 Å². The molecule has 7 heteroatoms. The highest BCUT2D eigenvalue weighted by atomic mass is 19.4. The second-order valence-corrected chi connectivity index (χ2v) is 5.04. The van der Waals surface area contributed by atoms with Gasteiger partial charge >= 0.3 is 6.18 Å². The summed E-state index contributed by atoms with van der Waals surface area (Å²) in [4.78, 5) is 7.74. The number of nitrogens with zero attached hydrogens (tertiary/aromatic N) is 2. The average Bonchev–Trinajstić information content (AvgIpc) is 2.47. The first-order valence-corrected chi connectivity index (χ1v) is 6.72. The number of nitrogens with two attached hydrogens (primary N) is 1. The van der Waals surface area contributed by atoms with Gasteiger partial charge in [0, 0.05) is 18.8 Å². The number of hydrogen-bond donors (Lipinski definition) is 1. The van der Waals surface area contributed by atoms with Crippen molar-refractivity contribution in [3.05, 3.63) is 47.4 Å². The minimum absolute atomic E-state index is 0.222. The Balaban J connectivity index is 2.33. The monoisotopic (exact) mass is 311 g/mol. The van der Waals surface area contributed by atoms with Crippen LogP contribution in [0.5, 0.6) is 11.6 Å². The molecular formula is C15H16F3N3O. The SMILES string of the molecule is CC(C)c1nc(C(F)(F)F)ccc1Oc1ccc(CN)cn1. The average molecular weight is 311 g/mol. The molecule has 0 unspecified atom stereocenters. The molecule has 2 aromatic rings. The van der Waals surface area contributed by atoms with Gasteiger partial charge < -0.3 is 10.5 Å². The maximum absolute atomic E-state index is 12.7. The van der Waals surface area contributed by atoms with Gasteiger partial charge in [0.1, 0.15) is 5.69 Å². The second kappa shape index (κ2) is 6.31. The molecule has 0 fully saturated rings. The molecule has 0 radical (unpaired) electrons. The Morgan fingerprint density at radius 1 is 1.18 bits per heavy atom. The molecule has 0 amide bonds. The Morgan fingerprint density at radius 2 is 1.91 bits per heavy atom. The van der Waals surface area contributed by atoms with Crippen molar-refractivity contribution in [2.45, 2.75) is 32.5 Å². The minimum atomic E-state index is -4.48. The van der Waals surface area contributed by atoms with Gasteiger partial charge in [0.15, 0.2) is 5.75 Å². The van der Waals surface area contributed by atoms with Crippen LogP contribution in [0.4, 0.5) is 13.2 Å². The molecule has 0 aliphatic rings. The molecule has 0 atom stereocenters. The van der Waals surface area contributed by atoms with Crippen molar-refractivity contribution in [3.8, 4) is 11.6 Å². The first kappa shape index (κ1) is 16.2. The van der Waals surface area contributed by atoms with Crippen molar-refractivity contribution in [1.29, 1.82) is 0 Å². The predicted octanol–water partition coefficient (Wildman–Crippen LogP) is 3.87. The summed E-state index contributed by atoms with van der Waals surface area (Å²) in [5, 5.41) is 0. The van der Waals surface area contributed by atoms with Crippen molar-refractivity contribution in [2.75, 3.05) is 0 Å². The van der Waals surface area contributed by atoms with Crippen LogP contribution in [0.1, 0.15) is 36.7 Å². The van der Waals surface area contributed by atoms with Crippen LogP contribution in [0.2, 0.25) is 0 Å². The van der Waals surface area contributed by atoms with Gasteiger partial charge in [-0.3, -0.25) is 0 Å². The fraction of sp³-hybridized carbons (Fsp3) is 0.333. The van der Waals surface area contributed by atoms with E-state index in [9.17, 15) is 13.2 Å². The lowest BCUT2D eigenvalue weighted by molar-refractivity contribution is -0.141. The lowest BCUT2D eigenvalue weighted by Crippen LogP contribution is -2.11. The standard InChI is InChI=1S/C15H16F3N3O/c1-9(2)14-11(4-5-12(21-14)15(16,17)18)22-13-6-3-10(7-19)8-20-13/h3-6,8-9H,7,19H2,1-2H3. The highest BCUT2D eigenvalue weighted by molar-refractivity contribution is 5.35. The van der Waals surface area contributed by atoms with Crippen LogP contribution >= 0.6 is 0 Å². The first-order valence-electron chi connectivity index (χ1n) is 6.72. The molecule has 2 N–H and O–H groups in total. The molecule has 22 heavy (non-hydrogen) atoms. The van der Waals surface area contributed by atoms with Crippen LogP contribution in [0.15, 0.2) is 30.5 Å². The van der Waals surface area contributed by atoms with Crippen LogP contribution in [-0.4, -0.2) is 9.97 Å². The number of ether oxygens (including phenoxy) is 1. The number of pyridine rings is 2. The van der Waals surface area contributed by atoms with Gasteiger partial charge in [-0.25, -0.2) is 9.97 Å². The zero-order chi connectivity index (χ0) is 16.3. The lowest BCUT2D eigenvalue weighted by atomic mass is 10.1. The second-order valence-electron chi connectivity index (χ2n) is 5.04. The Morgan fingerprint density at radius 3 is 2.41 bits per heavy atom. The normalized spacial score (nSPS) is 11.8. The molecule has 118 valence electrons. The van der Waals surface area contributed by atoms with E-state index in [1.165, 1.54) is 6.07 Å². The molecule has 0 saturated carbocycles. The fourth-order valence-electron chi connectivity index (χ4n) is 1.82. The minimum Gasteiger partial charge on any atom is -0.437 e. The highest BCUT2D eigenvalue weighted by Crippen LogP contribution is 2.34. The number of hydrogen-bond acceptors (Lipinski definition) is 4. The van der Waals surface area contributed by atoms with E-state index < -0.39 is 11.9 Å². The van der Waals surface area contributed by atoms with E-state index in [1.54, 1.807) is 32.2 Å². The van der Waals surface area contributed by atoms with Gasteiger partial charge in [-0.2, -0.15) is 13.2 Å². The maximum Gasteiger partial charge on any atom is 0.433 e. The molecule has 0 bridgehead atoms. The molecule has 0 spiro atoms. The zero-order valence-corrected chi connectivity index (χ0v) is 12.2. The Hall–Kier alpha value is -2.15. The van der Waals surface area contributed by atoms with Gasteiger partial charge in [-0.1, -0.05) is 19.9 Å². The third kappa shape index (κ3) is 3.73. The lowest BCUT2D eigenvalue weighted by Gasteiger charge is -2.15. The molecule has 2 rings (SSSR count). The number of aromatic nitrogens is 2. The molecule has 0 saturated heterocycles. The van der Waals surface area contributed by atoms with Gasteiger partial charge in [0.25, 0.3) is 0 Å². The summed E-state index contributed by atoms with van der Waals surface area (Å²) in [6, 6.07) is 5.53. The smallest absolute Gasteiger partial charge is 0.433 e. The van der Waals surface area contributed by atoms with Crippen molar-refractivity contribution >= 4 is 0 Å². The topological polar surface area (TPSA) is 61.0 Å². The Labute approximate surface area is 126 Å². The zero-order valence-electron chi connectivity index (χ0n) is 12.2. The molecule has 0 aliphatic carbocycles. The molecule has 2 aromatic heterocycles. The van der Waals surface area contributed by atoms with E-state index >= 15 is 0 Å². The quantitative estimate of drug-likeness (QED) is 0.931. The third-order valence-electron chi connectivity index (χ3n) is 2.97. The van der Waals surface area contributed by atoms with E-state index in [-0.39, 0.29) is 23.2 Å². The first-order chi connectivity index (χ1) is 10.3.